The summed E-state index contributed by atoms with van der Waals surface area (Å²) in [5.74, 6) is 0.768. The highest BCUT2D eigenvalue weighted by atomic mass is 16.5. The van der Waals surface area contributed by atoms with Crippen LogP contribution in [0.1, 0.15) is 51.5 Å². The number of rotatable bonds is 9. The van der Waals surface area contributed by atoms with Gasteiger partial charge in [-0.3, -0.25) is 0 Å². The average Bonchev–Trinajstić information content (AvgIpc) is 2.90. The van der Waals surface area contributed by atoms with E-state index in [1.54, 1.807) is 0 Å². The van der Waals surface area contributed by atoms with Crippen molar-refractivity contribution in [3.63, 3.8) is 0 Å². The lowest BCUT2D eigenvalue weighted by Crippen LogP contribution is -2.32. The standard InChI is InChI=1S/C29H34N2O2/c1-5-12-21(2)26-19-23(4)27(20-30)29(31)25-14-9-8-13-24(16-15-22(3)28(25)26)33-18-11-7-6-10-17-32/h5,8-9,12-17H,2,6-7,10-11,18-19,31H2,1,3-4H3/b12-5-,13-8?,14-9?,22-15?,24-16?. The Bertz CT molecular complexity index is 1180. The predicted molar refractivity (Wildman–Crippen MR) is 136 cm³/mol. The second kappa shape index (κ2) is 13.1. The van der Waals surface area contributed by atoms with Crippen molar-refractivity contribution < 1.29 is 9.53 Å². The van der Waals surface area contributed by atoms with E-state index in [0.29, 0.717) is 30.7 Å². The van der Waals surface area contributed by atoms with Crippen molar-refractivity contribution in [1.82, 2.24) is 0 Å². The van der Waals surface area contributed by atoms with Gasteiger partial charge in [0.2, 0.25) is 0 Å². The van der Waals surface area contributed by atoms with Gasteiger partial charge in [-0.25, -0.2) is 0 Å². The van der Waals surface area contributed by atoms with Crippen molar-refractivity contribution in [2.45, 2.75) is 52.9 Å². The Morgan fingerprint density at radius 2 is 1.94 bits per heavy atom. The number of carbonyl (C=O) groups excluding carboxylic acids is 1. The Morgan fingerprint density at radius 3 is 2.64 bits per heavy atom. The van der Waals surface area contributed by atoms with Gasteiger partial charge in [-0.2, -0.15) is 5.26 Å². The van der Waals surface area contributed by atoms with Crippen molar-refractivity contribution in [2.75, 3.05) is 6.61 Å². The van der Waals surface area contributed by atoms with Crippen molar-refractivity contribution in [3.05, 3.63) is 87.8 Å². The van der Waals surface area contributed by atoms with Gasteiger partial charge in [0.25, 0.3) is 0 Å². The van der Waals surface area contributed by atoms with E-state index in [1.165, 1.54) is 0 Å². The summed E-state index contributed by atoms with van der Waals surface area (Å²) in [4.78, 5) is 10.4. The number of carbonyl (C=O) groups is 1. The summed E-state index contributed by atoms with van der Waals surface area (Å²) in [6.45, 7) is 10.9. The summed E-state index contributed by atoms with van der Waals surface area (Å²) in [6.07, 6.45) is 8.89. The van der Waals surface area contributed by atoms with Crippen LogP contribution < -0.4 is 20.9 Å². The summed E-state index contributed by atoms with van der Waals surface area (Å²) in [6, 6.07) is 14.0. The predicted octanol–water partition coefficient (Wildman–Crippen LogP) is 4.85. The van der Waals surface area contributed by atoms with Crippen LogP contribution in [0.15, 0.2) is 71.8 Å². The van der Waals surface area contributed by atoms with E-state index in [2.05, 4.69) is 12.6 Å². The Morgan fingerprint density at radius 1 is 1.18 bits per heavy atom. The number of nitriles is 1. The van der Waals surface area contributed by atoms with Gasteiger partial charge in [-0.15, -0.1) is 0 Å². The van der Waals surface area contributed by atoms with Gasteiger partial charge in [0.1, 0.15) is 18.1 Å². The minimum absolute atomic E-state index is 0.488. The molecule has 172 valence electrons. The average molecular weight is 443 g/mol. The molecule has 4 heteroatoms. The van der Waals surface area contributed by atoms with E-state index in [4.69, 9.17) is 10.5 Å². The lowest BCUT2D eigenvalue weighted by atomic mass is 9.95. The molecule has 0 spiro atoms. The van der Waals surface area contributed by atoms with E-state index in [0.717, 1.165) is 64.0 Å². The highest BCUT2D eigenvalue weighted by molar-refractivity contribution is 5.78. The summed E-state index contributed by atoms with van der Waals surface area (Å²) in [7, 11) is 0. The number of ether oxygens (including phenoxy) is 1. The van der Waals surface area contributed by atoms with Crippen LogP contribution in [0.3, 0.4) is 0 Å². The number of nitrogens with two attached hydrogens (primary N) is 1. The molecule has 0 heterocycles. The van der Waals surface area contributed by atoms with Crippen LogP contribution in [0.2, 0.25) is 0 Å². The zero-order valence-corrected chi connectivity index (χ0v) is 20.0. The van der Waals surface area contributed by atoms with Gasteiger partial charge in [0.15, 0.2) is 0 Å². The third kappa shape index (κ3) is 6.95. The number of hydrogen-bond acceptors (Lipinski definition) is 4. The first-order chi connectivity index (χ1) is 15.9. The van der Waals surface area contributed by atoms with Gasteiger partial charge < -0.3 is 15.3 Å². The molecule has 0 radical (unpaired) electrons. The molecule has 1 aromatic rings. The number of aryl methyl sites for hydroxylation is 1. The quantitative estimate of drug-likeness (QED) is 0.337. The molecule has 1 aromatic carbocycles. The molecule has 1 aliphatic carbocycles. The molecule has 0 unspecified atom stereocenters. The highest BCUT2D eigenvalue weighted by Gasteiger charge is 2.15. The molecule has 0 fully saturated rings. The SMILES string of the molecule is C=C(/C=C\C)C1=c2c(C)ccc(OCCCCCC=O)ccccc2=C(N)C(C#N)=C(C)C1. The van der Waals surface area contributed by atoms with Gasteiger partial charge in [-0.1, -0.05) is 43.0 Å². The normalized spacial score (nSPS) is 13.2. The molecule has 0 saturated carbocycles. The molecule has 0 aromatic heterocycles. The molecule has 0 saturated heterocycles. The molecule has 4 nitrogen and oxygen atoms in total. The van der Waals surface area contributed by atoms with E-state index in [-0.39, 0.29) is 0 Å². The van der Waals surface area contributed by atoms with Crippen LogP contribution in [0.5, 0.6) is 5.75 Å². The Balaban J connectivity index is 2.68. The maximum Gasteiger partial charge on any atom is 0.119 e. The van der Waals surface area contributed by atoms with Gasteiger partial charge in [0, 0.05) is 11.6 Å². The van der Waals surface area contributed by atoms with E-state index in [9.17, 15) is 10.1 Å². The fourth-order valence-electron chi connectivity index (χ4n) is 3.90. The molecular weight excluding hydrogens is 408 g/mol. The maximum absolute atomic E-state index is 10.4. The zero-order chi connectivity index (χ0) is 24.2. The molecule has 0 amide bonds. The van der Waals surface area contributed by atoms with Crippen LogP contribution in [0.4, 0.5) is 0 Å². The first kappa shape index (κ1) is 25.7. The van der Waals surface area contributed by atoms with Crippen LogP contribution in [0, 0.1) is 18.3 Å². The number of fused-ring (bicyclic) bond motifs is 1. The van der Waals surface area contributed by atoms with Crippen LogP contribution in [-0.2, 0) is 4.79 Å². The fourth-order valence-corrected chi connectivity index (χ4v) is 3.90. The fraction of sp³-hybridized carbons (Fsp3) is 0.310. The van der Waals surface area contributed by atoms with E-state index < -0.39 is 0 Å². The van der Waals surface area contributed by atoms with E-state index >= 15 is 0 Å². The number of aldehydes is 1. The molecule has 0 bridgehead atoms. The summed E-state index contributed by atoms with van der Waals surface area (Å²) in [5, 5.41) is 11.6. The maximum atomic E-state index is 10.4. The Kier molecular flexibility index (Phi) is 10.2. The highest BCUT2D eigenvalue weighted by Crippen LogP contribution is 2.24. The topological polar surface area (TPSA) is 76.1 Å². The largest absolute Gasteiger partial charge is 0.494 e. The second-order valence-electron chi connectivity index (χ2n) is 8.15. The first-order valence-corrected chi connectivity index (χ1v) is 11.4. The van der Waals surface area contributed by atoms with E-state index in [1.807, 2.05) is 69.3 Å². The van der Waals surface area contributed by atoms with Crippen molar-refractivity contribution in [2.24, 2.45) is 5.73 Å². The van der Waals surface area contributed by atoms with Crippen LogP contribution in [-0.4, -0.2) is 12.9 Å². The monoisotopic (exact) mass is 442 g/mol. The first-order valence-electron chi connectivity index (χ1n) is 11.4. The minimum Gasteiger partial charge on any atom is -0.494 e. The number of unbranched alkanes of at least 4 members (excludes halogenated alkanes) is 3. The Labute approximate surface area is 197 Å². The molecule has 2 rings (SSSR count). The van der Waals surface area contributed by atoms with Gasteiger partial charge in [-0.05, 0) is 86.1 Å². The number of hydrogen-bond donors (Lipinski definition) is 1. The zero-order valence-electron chi connectivity index (χ0n) is 20.0. The van der Waals surface area contributed by atoms with Crippen molar-refractivity contribution >= 4 is 17.6 Å². The lowest BCUT2D eigenvalue weighted by molar-refractivity contribution is -0.107. The molecule has 2 N–H and O–H groups in total. The molecule has 1 aliphatic rings. The third-order valence-corrected chi connectivity index (χ3v) is 5.63. The summed E-state index contributed by atoms with van der Waals surface area (Å²) < 4.78 is 5.96. The summed E-state index contributed by atoms with van der Waals surface area (Å²) in [5.41, 5.74) is 11.5. The molecular formula is C29H34N2O2. The van der Waals surface area contributed by atoms with Crippen molar-refractivity contribution in [3.8, 4) is 11.8 Å². The second-order valence-corrected chi connectivity index (χ2v) is 8.15. The molecule has 33 heavy (non-hydrogen) atoms. The van der Waals surface area contributed by atoms with Crippen LogP contribution in [0.25, 0.3) is 11.3 Å². The van der Waals surface area contributed by atoms with Gasteiger partial charge in [0.05, 0.1) is 17.9 Å². The van der Waals surface area contributed by atoms with Crippen molar-refractivity contribution in [1.29, 1.82) is 5.26 Å². The smallest absolute Gasteiger partial charge is 0.119 e. The Hall–Kier alpha value is -3.58. The number of allylic oxidation sites excluding steroid dienone is 4. The van der Waals surface area contributed by atoms with Gasteiger partial charge >= 0.3 is 0 Å². The summed E-state index contributed by atoms with van der Waals surface area (Å²) >= 11 is 0. The van der Waals surface area contributed by atoms with Crippen LogP contribution >= 0.6 is 0 Å². The third-order valence-electron chi connectivity index (χ3n) is 5.63. The lowest BCUT2D eigenvalue weighted by Gasteiger charge is -2.09. The molecule has 0 aliphatic heterocycles. The molecule has 0 atom stereocenters. The number of nitrogens with zero attached hydrogens (tertiary/aromatic N) is 1. The minimum atomic E-state index is 0.488.